The first-order valence-electron chi connectivity index (χ1n) is 6.50. The third kappa shape index (κ3) is 3.22. The maximum Gasteiger partial charge on any atom is 0.230 e. The Kier molecular flexibility index (Phi) is 4.34. The van der Waals surface area contributed by atoms with E-state index in [1.807, 2.05) is 44.3 Å². The van der Waals surface area contributed by atoms with Gasteiger partial charge in [-0.3, -0.25) is 4.79 Å². The molecule has 2 aromatic rings. The second-order valence-corrected chi connectivity index (χ2v) is 4.60. The summed E-state index contributed by atoms with van der Waals surface area (Å²) in [5, 5.41) is 0. The van der Waals surface area contributed by atoms with Crippen molar-refractivity contribution >= 4 is 5.91 Å². The van der Waals surface area contributed by atoms with Gasteiger partial charge in [-0.1, -0.05) is 37.3 Å². The number of aromatic amines is 1. The number of benzene rings is 1. The molecule has 0 fully saturated rings. The van der Waals surface area contributed by atoms with Crippen molar-refractivity contribution in [1.29, 1.82) is 0 Å². The number of H-pyrrole nitrogens is 1. The van der Waals surface area contributed by atoms with Gasteiger partial charge in [-0.05, 0) is 12.0 Å². The molecule has 4 heteroatoms. The second-order valence-electron chi connectivity index (χ2n) is 4.60. The fourth-order valence-electron chi connectivity index (χ4n) is 2.19. The summed E-state index contributed by atoms with van der Waals surface area (Å²) < 4.78 is 0. The zero-order valence-electron chi connectivity index (χ0n) is 11.3. The summed E-state index contributed by atoms with van der Waals surface area (Å²) in [6.07, 6.45) is 4.26. The molecule has 2 rings (SSSR count). The van der Waals surface area contributed by atoms with Crippen molar-refractivity contribution in [2.75, 3.05) is 7.05 Å². The molecule has 1 heterocycles. The first-order chi connectivity index (χ1) is 9.22. The molecule has 100 valence electrons. The molecule has 0 aliphatic heterocycles. The molecule has 1 aromatic carbocycles. The van der Waals surface area contributed by atoms with E-state index < -0.39 is 0 Å². The van der Waals surface area contributed by atoms with Gasteiger partial charge in [0.05, 0.1) is 12.5 Å². The molecule has 0 aliphatic carbocycles. The molecule has 1 unspecified atom stereocenters. The quantitative estimate of drug-likeness (QED) is 0.895. The van der Waals surface area contributed by atoms with Crippen molar-refractivity contribution in [3.8, 4) is 0 Å². The summed E-state index contributed by atoms with van der Waals surface area (Å²) in [5.41, 5.74) is 1.07. The molecular formula is C15H19N3O. The van der Waals surface area contributed by atoms with Crippen LogP contribution in [0.2, 0.25) is 0 Å². The Bertz CT molecular complexity index is 507. The SMILES string of the molecule is CCC(C(=O)N(C)Cc1ncc[nH]1)c1ccccc1. The van der Waals surface area contributed by atoms with Crippen LogP contribution in [0.1, 0.15) is 30.7 Å². The molecule has 4 nitrogen and oxygen atoms in total. The number of carbonyl (C=O) groups is 1. The molecule has 0 bridgehead atoms. The van der Waals surface area contributed by atoms with Crippen LogP contribution in [0.3, 0.4) is 0 Å². The minimum absolute atomic E-state index is 0.0823. The van der Waals surface area contributed by atoms with Crippen molar-refractivity contribution in [1.82, 2.24) is 14.9 Å². The summed E-state index contributed by atoms with van der Waals surface area (Å²) in [7, 11) is 1.82. The predicted octanol–water partition coefficient (Wildman–Crippen LogP) is 2.56. The number of hydrogen-bond donors (Lipinski definition) is 1. The number of hydrogen-bond acceptors (Lipinski definition) is 2. The van der Waals surface area contributed by atoms with E-state index in [0.717, 1.165) is 17.8 Å². The number of nitrogens with one attached hydrogen (secondary N) is 1. The van der Waals surface area contributed by atoms with E-state index >= 15 is 0 Å². The van der Waals surface area contributed by atoms with Crippen molar-refractivity contribution in [2.45, 2.75) is 25.8 Å². The summed E-state index contributed by atoms with van der Waals surface area (Å²) in [6.45, 7) is 2.55. The number of carbonyl (C=O) groups excluding carboxylic acids is 1. The van der Waals surface area contributed by atoms with Crippen LogP contribution in [0.5, 0.6) is 0 Å². The normalized spacial score (nSPS) is 12.1. The van der Waals surface area contributed by atoms with Gasteiger partial charge in [-0.25, -0.2) is 4.98 Å². The monoisotopic (exact) mass is 257 g/mol. The lowest BCUT2D eigenvalue weighted by molar-refractivity contribution is -0.132. The molecule has 1 atom stereocenters. The van der Waals surface area contributed by atoms with Crippen LogP contribution < -0.4 is 0 Å². The summed E-state index contributed by atoms with van der Waals surface area (Å²) in [6, 6.07) is 9.92. The molecule has 0 saturated heterocycles. The highest BCUT2D eigenvalue weighted by atomic mass is 16.2. The van der Waals surface area contributed by atoms with Crippen molar-refractivity contribution in [3.63, 3.8) is 0 Å². The van der Waals surface area contributed by atoms with E-state index in [2.05, 4.69) is 9.97 Å². The van der Waals surface area contributed by atoms with Gasteiger partial charge in [0.25, 0.3) is 0 Å². The minimum Gasteiger partial charge on any atom is -0.347 e. The molecule has 0 spiro atoms. The molecular weight excluding hydrogens is 238 g/mol. The largest absolute Gasteiger partial charge is 0.347 e. The van der Waals surface area contributed by atoms with Crippen LogP contribution in [-0.4, -0.2) is 27.8 Å². The van der Waals surface area contributed by atoms with Crippen LogP contribution in [0.4, 0.5) is 0 Å². The third-order valence-corrected chi connectivity index (χ3v) is 3.23. The molecule has 1 aromatic heterocycles. The molecule has 1 N–H and O–H groups in total. The van der Waals surface area contributed by atoms with E-state index in [9.17, 15) is 4.79 Å². The highest BCUT2D eigenvalue weighted by molar-refractivity contribution is 5.83. The number of amides is 1. The van der Waals surface area contributed by atoms with Gasteiger partial charge in [0.15, 0.2) is 0 Å². The Labute approximate surface area is 113 Å². The number of imidazole rings is 1. The smallest absolute Gasteiger partial charge is 0.230 e. The lowest BCUT2D eigenvalue weighted by atomic mass is 9.95. The molecule has 19 heavy (non-hydrogen) atoms. The topological polar surface area (TPSA) is 49.0 Å². The maximum atomic E-state index is 12.5. The van der Waals surface area contributed by atoms with E-state index in [0.29, 0.717) is 6.54 Å². The molecule has 0 aliphatic rings. The Hall–Kier alpha value is -2.10. The van der Waals surface area contributed by atoms with Crippen LogP contribution in [0, 0.1) is 0 Å². The minimum atomic E-state index is -0.0823. The van der Waals surface area contributed by atoms with Crippen molar-refractivity contribution in [2.24, 2.45) is 0 Å². The average Bonchev–Trinajstić information content (AvgIpc) is 2.93. The highest BCUT2D eigenvalue weighted by Crippen LogP contribution is 2.21. The van der Waals surface area contributed by atoms with Gasteiger partial charge >= 0.3 is 0 Å². The maximum absolute atomic E-state index is 12.5. The van der Waals surface area contributed by atoms with E-state index in [4.69, 9.17) is 0 Å². The van der Waals surface area contributed by atoms with Crippen LogP contribution in [0.15, 0.2) is 42.7 Å². The Balaban J connectivity index is 2.08. The Morgan fingerprint density at radius 3 is 2.68 bits per heavy atom. The van der Waals surface area contributed by atoms with Crippen LogP contribution >= 0.6 is 0 Å². The molecule has 0 saturated carbocycles. The zero-order chi connectivity index (χ0) is 13.7. The molecule has 1 amide bonds. The predicted molar refractivity (Wildman–Crippen MR) is 74.5 cm³/mol. The van der Waals surface area contributed by atoms with Gasteiger partial charge in [0.2, 0.25) is 5.91 Å². The van der Waals surface area contributed by atoms with E-state index in [1.165, 1.54) is 0 Å². The van der Waals surface area contributed by atoms with Crippen molar-refractivity contribution < 1.29 is 4.79 Å². The Morgan fingerprint density at radius 2 is 2.11 bits per heavy atom. The van der Waals surface area contributed by atoms with Gasteiger partial charge in [0.1, 0.15) is 5.82 Å². The standard InChI is InChI=1S/C15H19N3O/c1-3-13(12-7-5-4-6-8-12)15(19)18(2)11-14-16-9-10-17-14/h4-10,13H,3,11H2,1-2H3,(H,16,17). The third-order valence-electron chi connectivity index (χ3n) is 3.23. The van der Waals surface area contributed by atoms with E-state index in [-0.39, 0.29) is 11.8 Å². The number of rotatable bonds is 5. The second kappa shape index (κ2) is 6.18. The van der Waals surface area contributed by atoms with Crippen LogP contribution in [-0.2, 0) is 11.3 Å². The fourth-order valence-corrected chi connectivity index (χ4v) is 2.19. The number of likely N-dealkylation sites (N-methyl/N-ethyl adjacent to an activating group) is 1. The van der Waals surface area contributed by atoms with Crippen LogP contribution in [0.25, 0.3) is 0 Å². The fraction of sp³-hybridized carbons (Fsp3) is 0.333. The van der Waals surface area contributed by atoms with E-state index in [1.54, 1.807) is 17.3 Å². The van der Waals surface area contributed by atoms with Gasteiger partial charge in [-0.2, -0.15) is 0 Å². The van der Waals surface area contributed by atoms with Gasteiger partial charge in [0, 0.05) is 19.4 Å². The lowest BCUT2D eigenvalue weighted by Crippen LogP contribution is -2.31. The summed E-state index contributed by atoms with van der Waals surface area (Å²) >= 11 is 0. The Morgan fingerprint density at radius 1 is 1.37 bits per heavy atom. The summed E-state index contributed by atoms with van der Waals surface area (Å²) in [4.78, 5) is 21.4. The first kappa shape index (κ1) is 13.3. The van der Waals surface area contributed by atoms with Crippen molar-refractivity contribution in [3.05, 3.63) is 54.1 Å². The first-order valence-corrected chi connectivity index (χ1v) is 6.50. The van der Waals surface area contributed by atoms with Gasteiger partial charge < -0.3 is 9.88 Å². The summed E-state index contributed by atoms with van der Waals surface area (Å²) in [5.74, 6) is 0.852. The molecule has 0 radical (unpaired) electrons. The number of aromatic nitrogens is 2. The number of nitrogens with zero attached hydrogens (tertiary/aromatic N) is 2. The lowest BCUT2D eigenvalue weighted by Gasteiger charge is -2.22. The highest BCUT2D eigenvalue weighted by Gasteiger charge is 2.22. The zero-order valence-corrected chi connectivity index (χ0v) is 11.3. The van der Waals surface area contributed by atoms with Gasteiger partial charge in [-0.15, -0.1) is 0 Å². The average molecular weight is 257 g/mol.